The van der Waals surface area contributed by atoms with E-state index in [1.54, 1.807) is 14.1 Å². The molecule has 0 saturated carbocycles. The lowest BCUT2D eigenvalue weighted by molar-refractivity contribution is 0.0695. The van der Waals surface area contributed by atoms with Crippen molar-refractivity contribution in [2.24, 2.45) is 0 Å². The lowest BCUT2D eigenvalue weighted by Gasteiger charge is -2.12. The third-order valence-corrected chi connectivity index (χ3v) is 1.97. The van der Waals surface area contributed by atoms with Gasteiger partial charge in [0.15, 0.2) is 0 Å². The van der Waals surface area contributed by atoms with Crippen LogP contribution in [0.15, 0.2) is 18.5 Å². The highest BCUT2D eigenvalue weighted by atomic mass is 16.4. The number of nitrogens with zero attached hydrogens (tertiary/aromatic N) is 2. The molecular formula is C10H13N3O3. The summed E-state index contributed by atoms with van der Waals surface area (Å²) in [5.41, 5.74) is 0.624. The van der Waals surface area contributed by atoms with E-state index in [0.717, 1.165) is 0 Å². The van der Waals surface area contributed by atoms with Crippen molar-refractivity contribution in [3.05, 3.63) is 29.6 Å². The number of carboxylic acids is 1. The standard InChI is InChI=1S/C10H13N3O3/c1-13(2)10(16)12-6-7-5-11-4-3-8(7)9(14)15/h3-5H,6H2,1-2H3,(H,12,16)(H,14,15). The van der Waals surface area contributed by atoms with Crippen LogP contribution in [0.1, 0.15) is 15.9 Å². The fourth-order valence-corrected chi connectivity index (χ4v) is 1.11. The predicted octanol–water partition coefficient (Wildman–Crippen LogP) is 0.551. The number of carboxylic acid groups (broad SMARTS) is 1. The first-order valence-electron chi connectivity index (χ1n) is 4.63. The van der Waals surface area contributed by atoms with Crippen LogP contribution in [0, 0.1) is 0 Å². The number of aromatic carboxylic acids is 1. The number of urea groups is 1. The van der Waals surface area contributed by atoms with E-state index in [9.17, 15) is 9.59 Å². The Balaban J connectivity index is 2.74. The zero-order valence-electron chi connectivity index (χ0n) is 9.10. The second-order valence-corrected chi connectivity index (χ2v) is 3.39. The van der Waals surface area contributed by atoms with Crippen LogP contribution in [-0.4, -0.2) is 41.1 Å². The van der Waals surface area contributed by atoms with E-state index in [1.807, 2.05) is 0 Å². The molecule has 2 N–H and O–H groups in total. The highest BCUT2D eigenvalue weighted by Crippen LogP contribution is 2.06. The summed E-state index contributed by atoms with van der Waals surface area (Å²) in [6, 6.07) is 1.12. The average Bonchev–Trinajstić information content (AvgIpc) is 2.25. The first-order valence-corrected chi connectivity index (χ1v) is 4.63. The van der Waals surface area contributed by atoms with Crippen LogP contribution < -0.4 is 5.32 Å². The van der Waals surface area contributed by atoms with Crippen LogP contribution in [0.3, 0.4) is 0 Å². The van der Waals surface area contributed by atoms with Gasteiger partial charge >= 0.3 is 12.0 Å². The van der Waals surface area contributed by atoms with Crippen LogP contribution in [0.2, 0.25) is 0 Å². The van der Waals surface area contributed by atoms with Crippen molar-refractivity contribution in [1.82, 2.24) is 15.2 Å². The third-order valence-electron chi connectivity index (χ3n) is 1.97. The van der Waals surface area contributed by atoms with Crippen LogP contribution in [0.4, 0.5) is 4.79 Å². The number of carbonyl (C=O) groups excluding carboxylic acids is 1. The number of nitrogens with one attached hydrogen (secondary N) is 1. The molecule has 1 aromatic heterocycles. The first kappa shape index (κ1) is 12.0. The SMILES string of the molecule is CN(C)C(=O)NCc1cnccc1C(=O)O. The lowest BCUT2D eigenvalue weighted by Crippen LogP contribution is -2.34. The molecule has 16 heavy (non-hydrogen) atoms. The Morgan fingerprint density at radius 1 is 1.50 bits per heavy atom. The van der Waals surface area contributed by atoms with Crippen molar-refractivity contribution < 1.29 is 14.7 Å². The van der Waals surface area contributed by atoms with E-state index < -0.39 is 5.97 Å². The van der Waals surface area contributed by atoms with Gasteiger partial charge in [0.1, 0.15) is 0 Å². The van der Waals surface area contributed by atoms with Gasteiger partial charge in [-0.15, -0.1) is 0 Å². The molecule has 0 radical (unpaired) electrons. The number of rotatable bonds is 3. The molecule has 0 unspecified atom stereocenters. The fourth-order valence-electron chi connectivity index (χ4n) is 1.11. The van der Waals surface area contributed by atoms with Gasteiger partial charge in [-0.25, -0.2) is 9.59 Å². The van der Waals surface area contributed by atoms with Crippen LogP contribution in [0.5, 0.6) is 0 Å². The molecule has 0 fully saturated rings. The molecule has 0 aliphatic heterocycles. The molecule has 0 aliphatic rings. The Labute approximate surface area is 92.9 Å². The molecule has 6 heteroatoms. The minimum absolute atomic E-state index is 0.145. The second kappa shape index (κ2) is 5.11. The topological polar surface area (TPSA) is 82.5 Å². The summed E-state index contributed by atoms with van der Waals surface area (Å²) in [6.07, 6.45) is 2.83. The summed E-state index contributed by atoms with van der Waals surface area (Å²) in [6.45, 7) is 0.145. The maximum atomic E-state index is 11.2. The van der Waals surface area contributed by atoms with Gasteiger partial charge in [0.25, 0.3) is 0 Å². The third kappa shape index (κ3) is 2.94. The van der Waals surface area contributed by atoms with E-state index in [4.69, 9.17) is 5.11 Å². The van der Waals surface area contributed by atoms with Crippen LogP contribution in [0.25, 0.3) is 0 Å². The Morgan fingerprint density at radius 2 is 2.19 bits per heavy atom. The van der Waals surface area contributed by atoms with E-state index in [1.165, 1.54) is 23.4 Å². The molecule has 86 valence electrons. The minimum Gasteiger partial charge on any atom is -0.478 e. The highest BCUT2D eigenvalue weighted by molar-refractivity contribution is 5.89. The Hall–Kier alpha value is -2.11. The van der Waals surface area contributed by atoms with Gasteiger partial charge < -0.3 is 15.3 Å². The van der Waals surface area contributed by atoms with E-state index in [-0.39, 0.29) is 18.1 Å². The van der Waals surface area contributed by atoms with Crippen molar-refractivity contribution in [2.45, 2.75) is 6.54 Å². The fraction of sp³-hybridized carbons (Fsp3) is 0.300. The van der Waals surface area contributed by atoms with Gasteiger partial charge in [0.2, 0.25) is 0 Å². The van der Waals surface area contributed by atoms with Gasteiger partial charge in [0, 0.05) is 38.6 Å². The summed E-state index contributed by atoms with van der Waals surface area (Å²) < 4.78 is 0. The smallest absolute Gasteiger partial charge is 0.336 e. The quantitative estimate of drug-likeness (QED) is 0.784. The number of carbonyl (C=O) groups is 2. The molecule has 0 aromatic carbocycles. The number of hydrogen-bond acceptors (Lipinski definition) is 3. The van der Waals surface area contributed by atoms with Gasteiger partial charge in [-0.2, -0.15) is 0 Å². The molecule has 1 aromatic rings. The summed E-state index contributed by atoms with van der Waals surface area (Å²) in [5.74, 6) is -1.03. The van der Waals surface area contributed by atoms with Gasteiger partial charge in [-0.1, -0.05) is 0 Å². The summed E-state index contributed by atoms with van der Waals surface area (Å²) in [7, 11) is 3.22. The molecule has 0 aliphatic carbocycles. The molecule has 0 atom stereocenters. The van der Waals surface area contributed by atoms with Crippen molar-refractivity contribution in [3.8, 4) is 0 Å². The monoisotopic (exact) mass is 223 g/mol. The largest absolute Gasteiger partial charge is 0.478 e. The summed E-state index contributed by atoms with van der Waals surface area (Å²) in [5, 5.41) is 11.5. The van der Waals surface area contributed by atoms with Gasteiger partial charge in [-0.3, -0.25) is 4.98 Å². The molecule has 0 bridgehead atoms. The molecule has 2 amide bonds. The molecule has 0 saturated heterocycles. The van der Waals surface area contributed by atoms with Crippen molar-refractivity contribution >= 4 is 12.0 Å². The Kier molecular flexibility index (Phi) is 3.82. The van der Waals surface area contributed by atoms with Crippen molar-refractivity contribution in [3.63, 3.8) is 0 Å². The normalized spacial score (nSPS) is 9.62. The molecular weight excluding hydrogens is 210 g/mol. The molecule has 6 nitrogen and oxygen atoms in total. The number of hydrogen-bond donors (Lipinski definition) is 2. The molecule has 1 rings (SSSR count). The number of aromatic nitrogens is 1. The van der Waals surface area contributed by atoms with Crippen molar-refractivity contribution in [1.29, 1.82) is 0 Å². The lowest BCUT2D eigenvalue weighted by atomic mass is 10.1. The second-order valence-electron chi connectivity index (χ2n) is 3.39. The summed E-state index contributed by atoms with van der Waals surface area (Å²) in [4.78, 5) is 27.3. The van der Waals surface area contributed by atoms with Crippen LogP contribution >= 0.6 is 0 Å². The maximum Gasteiger partial charge on any atom is 0.336 e. The predicted molar refractivity (Wildman–Crippen MR) is 57.1 cm³/mol. The van der Waals surface area contributed by atoms with Crippen molar-refractivity contribution in [2.75, 3.05) is 14.1 Å². The number of amides is 2. The zero-order valence-corrected chi connectivity index (χ0v) is 9.10. The highest BCUT2D eigenvalue weighted by Gasteiger charge is 2.10. The molecule has 0 spiro atoms. The zero-order chi connectivity index (χ0) is 12.1. The first-order chi connectivity index (χ1) is 7.52. The number of pyridine rings is 1. The van der Waals surface area contributed by atoms with Gasteiger partial charge in [0.05, 0.1) is 5.56 Å². The van der Waals surface area contributed by atoms with E-state index >= 15 is 0 Å². The van der Waals surface area contributed by atoms with E-state index in [0.29, 0.717) is 5.56 Å². The van der Waals surface area contributed by atoms with E-state index in [2.05, 4.69) is 10.3 Å². The maximum absolute atomic E-state index is 11.2. The van der Waals surface area contributed by atoms with Crippen LogP contribution in [-0.2, 0) is 6.54 Å². The Bertz CT molecular complexity index is 404. The summed E-state index contributed by atoms with van der Waals surface area (Å²) >= 11 is 0. The molecule has 1 heterocycles. The van der Waals surface area contributed by atoms with Gasteiger partial charge in [-0.05, 0) is 6.07 Å². The minimum atomic E-state index is -1.03. The Morgan fingerprint density at radius 3 is 2.75 bits per heavy atom. The average molecular weight is 223 g/mol.